The fourth-order valence-corrected chi connectivity index (χ4v) is 3.03. The van der Waals surface area contributed by atoms with Gasteiger partial charge in [0.2, 0.25) is 5.06 Å². The molecule has 0 N–H and O–H groups in total. The Balaban J connectivity index is 1.88. The van der Waals surface area contributed by atoms with Gasteiger partial charge in [-0.15, -0.1) is 0 Å². The van der Waals surface area contributed by atoms with Crippen molar-refractivity contribution in [3.05, 3.63) is 58.9 Å². The molecular weight excluding hydrogens is 316 g/mol. The Morgan fingerprint density at radius 1 is 1.09 bits per heavy atom. The lowest BCUT2D eigenvalue weighted by atomic mass is 10.2. The van der Waals surface area contributed by atoms with Gasteiger partial charge in [0.1, 0.15) is 10.8 Å². The van der Waals surface area contributed by atoms with Crippen LogP contribution in [0.3, 0.4) is 0 Å². The van der Waals surface area contributed by atoms with Gasteiger partial charge < -0.3 is 4.74 Å². The van der Waals surface area contributed by atoms with E-state index in [4.69, 9.17) is 16.3 Å². The molecule has 3 nitrogen and oxygen atoms in total. The first-order valence-electron chi connectivity index (χ1n) is 7.03. The van der Waals surface area contributed by atoms with Crippen LogP contribution in [0.1, 0.15) is 18.3 Å². The Hall–Kier alpha value is -1.91. The molecule has 5 heteroatoms. The average molecular weight is 331 g/mol. The van der Waals surface area contributed by atoms with Crippen LogP contribution in [-0.4, -0.2) is 9.97 Å². The highest BCUT2D eigenvalue weighted by atomic mass is 35.5. The van der Waals surface area contributed by atoms with Crippen molar-refractivity contribution in [2.75, 3.05) is 0 Å². The first kappa shape index (κ1) is 15.0. The number of rotatable bonds is 4. The summed E-state index contributed by atoms with van der Waals surface area (Å²) in [6.07, 6.45) is 0.909. The van der Waals surface area contributed by atoms with Crippen LogP contribution in [0.2, 0.25) is 5.02 Å². The van der Waals surface area contributed by atoms with Crippen molar-refractivity contribution >= 4 is 22.9 Å². The number of benzene rings is 1. The monoisotopic (exact) mass is 330 g/mol. The molecule has 0 saturated heterocycles. The average Bonchev–Trinajstić information content (AvgIpc) is 2.91. The van der Waals surface area contributed by atoms with Crippen LogP contribution in [0, 0.1) is 6.92 Å². The maximum atomic E-state index is 5.89. The van der Waals surface area contributed by atoms with Crippen molar-refractivity contribution in [1.29, 1.82) is 0 Å². The molecule has 0 aliphatic heterocycles. The highest BCUT2D eigenvalue weighted by molar-refractivity contribution is 7.16. The Bertz CT molecular complexity index is 784. The van der Waals surface area contributed by atoms with Crippen LogP contribution in [0.5, 0.6) is 10.8 Å². The number of halogens is 1. The smallest absolute Gasteiger partial charge is 0.204 e. The van der Waals surface area contributed by atoms with Crippen molar-refractivity contribution < 1.29 is 4.74 Å². The zero-order valence-electron chi connectivity index (χ0n) is 12.3. The summed E-state index contributed by atoms with van der Waals surface area (Å²) in [7, 11) is 0. The molecule has 0 saturated carbocycles. The summed E-state index contributed by atoms with van der Waals surface area (Å²) in [6.45, 7) is 4.03. The molecule has 0 bridgehead atoms. The van der Waals surface area contributed by atoms with Gasteiger partial charge in [0, 0.05) is 10.7 Å². The van der Waals surface area contributed by atoms with Crippen LogP contribution >= 0.6 is 22.9 Å². The third-order valence-corrected chi connectivity index (χ3v) is 4.48. The molecule has 0 amide bonds. The number of aryl methyl sites for hydroxylation is 2. The molecule has 1 aromatic carbocycles. The van der Waals surface area contributed by atoms with Gasteiger partial charge in [-0.1, -0.05) is 35.9 Å². The lowest BCUT2D eigenvalue weighted by Gasteiger charge is -2.02. The first-order chi connectivity index (χ1) is 10.7. The molecule has 112 valence electrons. The largest absolute Gasteiger partial charge is 0.445 e. The summed E-state index contributed by atoms with van der Waals surface area (Å²) >= 11 is 7.39. The molecule has 0 aliphatic rings. The minimum absolute atomic E-state index is 0.689. The van der Waals surface area contributed by atoms with Crippen LogP contribution < -0.4 is 4.74 Å². The molecule has 0 radical (unpaired) electrons. The van der Waals surface area contributed by atoms with Crippen molar-refractivity contribution in [2.24, 2.45) is 0 Å². The molecule has 2 heterocycles. The van der Waals surface area contributed by atoms with E-state index in [1.165, 1.54) is 11.3 Å². The van der Waals surface area contributed by atoms with E-state index in [9.17, 15) is 0 Å². The second kappa shape index (κ2) is 6.46. The SMILES string of the molecule is CCc1cccc(-c2nc(C)c(Oc3ccc(Cl)cc3)s2)n1. The Morgan fingerprint density at radius 3 is 2.59 bits per heavy atom. The van der Waals surface area contributed by atoms with E-state index in [-0.39, 0.29) is 0 Å². The van der Waals surface area contributed by atoms with E-state index in [1.807, 2.05) is 37.3 Å². The van der Waals surface area contributed by atoms with Gasteiger partial charge in [-0.3, -0.25) is 4.98 Å². The van der Waals surface area contributed by atoms with Crippen LogP contribution in [0.15, 0.2) is 42.5 Å². The third kappa shape index (κ3) is 3.29. The van der Waals surface area contributed by atoms with Crippen LogP contribution in [0.25, 0.3) is 10.7 Å². The Morgan fingerprint density at radius 2 is 1.86 bits per heavy atom. The van der Waals surface area contributed by atoms with Gasteiger partial charge >= 0.3 is 0 Å². The maximum absolute atomic E-state index is 5.89. The molecule has 0 aliphatic carbocycles. The highest BCUT2D eigenvalue weighted by Crippen LogP contribution is 2.36. The number of thiazole rings is 1. The zero-order valence-corrected chi connectivity index (χ0v) is 13.9. The fourth-order valence-electron chi connectivity index (χ4n) is 1.99. The van der Waals surface area contributed by atoms with Gasteiger partial charge in [0.25, 0.3) is 0 Å². The van der Waals surface area contributed by atoms with Crippen molar-refractivity contribution in [1.82, 2.24) is 9.97 Å². The summed E-state index contributed by atoms with van der Waals surface area (Å²) in [5.41, 5.74) is 2.81. The van der Waals surface area contributed by atoms with E-state index >= 15 is 0 Å². The number of hydrogen-bond donors (Lipinski definition) is 0. The fraction of sp³-hybridized carbons (Fsp3) is 0.176. The van der Waals surface area contributed by atoms with Crippen molar-refractivity contribution in [3.8, 4) is 21.5 Å². The van der Waals surface area contributed by atoms with Gasteiger partial charge in [0.05, 0.1) is 11.4 Å². The molecule has 0 fully saturated rings. The molecule has 0 spiro atoms. The minimum Gasteiger partial charge on any atom is -0.445 e. The molecule has 0 unspecified atom stereocenters. The Kier molecular flexibility index (Phi) is 4.41. The van der Waals surface area contributed by atoms with Crippen molar-refractivity contribution in [3.63, 3.8) is 0 Å². The predicted molar refractivity (Wildman–Crippen MR) is 91.0 cm³/mol. The van der Waals surface area contributed by atoms with Gasteiger partial charge in [-0.05, 0) is 49.7 Å². The third-order valence-electron chi connectivity index (χ3n) is 3.17. The van der Waals surface area contributed by atoms with Gasteiger partial charge in [-0.2, -0.15) is 0 Å². The number of hydrogen-bond acceptors (Lipinski definition) is 4. The Labute approximate surface area is 138 Å². The summed E-state index contributed by atoms with van der Waals surface area (Å²) in [4.78, 5) is 9.18. The molecular formula is C17H15ClN2OS. The van der Waals surface area contributed by atoms with Crippen molar-refractivity contribution in [2.45, 2.75) is 20.3 Å². The first-order valence-corrected chi connectivity index (χ1v) is 8.22. The zero-order chi connectivity index (χ0) is 15.5. The lowest BCUT2D eigenvalue weighted by molar-refractivity contribution is 0.491. The van der Waals surface area contributed by atoms with E-state index in [1.54, 1.807) is 12.1 Å². The molecule has 2 aromatic heterocycles. The molecule has 3 rings (SSSR count). The number of ether oxygens (including phenoxy) is 1. The second-order valence-corrected chi connectivity index (χ2v) is 6.21. The van der Waals surface area contributed by atoms with Crippen LogP contribution in [0.4, 0.5) is 0 Å². The summed E-state index contributed by atoms with van der Waals surface area (Å²) in [5, 5.41) is 2.34. The standard InChI is InChI=1S/C17H15ClN2OS/c1-3-13-5-4-6-15(20-13)16-19-11(2)17(22-16)21-14-9-7-12(18)8-10-14/h4-10H,3H2,1-2H3. The van der Waals surface area contributed by atoms with Gasteiger partial charge in [0.15, 0.2) is 0 Å². The van der Waals surface area contributed by atoms with E-state index in [0.29, 0.717) is 5.02 Å². The summed E-state index contributed by atoms with van der Waals surface area (Å²) in [5.74, 6) is 0.748. The van der Waals surface area contributed by atoms with E-state index in [0.717, 1.165) is 39.3 Å². The quantitative estimate of drug-likeness (QED) is 0.631. The maximum Gasteiger partial charge on any atom is 0.204 e. The lowest BCUT2D eigenvalue weighted by Crippen LogP contribution is -1.89. The van der Waals surface area contributed by atoms with E-state index < -0.39 is 0 Å². The number of nitrogens with zero attached hydrogens (tertiary/aromatic N) is 2. The highest BCUT2D eigenvalue weighted by Gasteiger charge is 2.12. The predicted octanol–water partition coefficient (Wildman–Crippen LogP) is 5.52. The molecule has 3 aromatic rings. The normalized spacial score (nSPS) is 10.7. The molecule has 22 heavy (non-hydrogen) atoms. The number of aromatic nitrogens is 2. The summed E-state index contributed by atoms with van der Waals surface area (Å²) < 4.78 is 5.89. The van der Waals surface area contributed by atoms with Gasteiger partial charge in [-0.25, -0.2) is 4.98 Å². The minimum atomic E-state index is 0.689. The molecule has 0 atom stereocenters. The van der Waals surface area contributed by atoms with Crippen LogP contribution in [-0.2, 0) is 6.42 Å². The summed E-state index contributed by atoms with van der Waals surface area (Å²) in [6, 6.07) is 13.3. The number of pyridine rings is 1. The topological polar surface area (TPSA) is 35.0 Å². The van der Waals surface area contributed by atoms with E-state index in [2.05, 4.69) is 16.9 Å². The second-order valence-electron chi connectivity index (χ2n) is 4.82.